The fourth-order valence-corrected chi connectivity index (χ4v) is 2.61. The second kappa shape index (κ2) is 4.11. The Labute approximate surface area is 108 Å². The Hall–Kier alpha value is -1.42. The van der Waals surface area contributed by atoms with Crippen LogP contribution in [0.1, 0.15) is 18.1 Å². The average molecular weight is 290 g/mol. The van der Waals surface area contributed by atoms with Crippen LogP contribution >= 0.6 is 15.9 Å². The summed E-state index contributed by atoms with van der Waals surface area (Å²) < 4.78 is 1.11. The van der Waals surface area contributed by atoms with E-state index in [0.717, 1.165) is 29.0 Å². The van der Waals surface area contributed by atoms with Crippen LogP contribution in [0.4, 0.5) is 5.82 Å². The van der Waals surface area contributed by atoms with Gasteiger partial charge in [0.1, 0.15) is 5.82 Å². The summed E-state index contributed by atoms with van der Waals surface area (Å²) in [4.78, 5) is 0. The van der Waals surface area contributed by atoms with Crippen LogP contribution in [0.25, 0.3) is 11.3 Å². The molecule has 0 unspecified atom stereocenters. The molecule has 0 fully saturated rings. The van der Waals surface area contributed by atoms with Crippen LogP contribution in [0, 0.1) is 0 Å². The molecule has 0 radical (unpaired) electrons. The fourth-order valence-electron chi connectivity index (χ4n) is 2.20. The minimum absolute atomic E-state index is 0.859. The molecule has 1 N–H and O–H groups in total. The van der Waals surface area contributed by atoms with Crippen molar-refractivity contribution in [1.82, 2.24) is 10.2 Å². The minimum atomic E-state index is 0.859. The van der Waals surface area contributed by atoms with E-state index >= 15 is 0 Å². The third-order valence-corrected chi connectivity index (χ3v) is 3.43. The zero-order chi connectivity index (χ0) is 11.8. The van der Waals surface area contributed by atoms with Crippen molar-refractivity contribution in [2.75, 3.05) is 11.9 Å². The van der Waals surface area contributed by atoms with Crippen molar-refractivity contribution in [3.63, 3.8) is 0 Å². The molecule has 1 aromatic heterocycles. The van der Waals surface area contributed by atoms with E-state index in [0.29, 0.717) is 0 Å². The number of aromatic nitrogens is 2. The van der Waals surface area contributed by atoms with Gasteiger partial charge < -0.3 is 5.32 Å². The number of hydrogen-bond acceptors (Lipinski definition) is 3. The van der Waals surface area contributed by atoms with Gasteiger partial charge in [0.2, 0.25) is 0 Å². The number of hydrogen-bond donors (Lipinski definition) is 1. The second-order valence-corrected chi connectivity index (χ2v) is 5.03. The van der Waals surface area contributed by atoms with E-state index in [1.165, 1.54) is 16.7 Å². The molecule has 1 aliphatic rings. The highest BCUT2D eigenvalue weighted by Crippen LogP contribution is 2.36. The first-order valence-electron chi connectivity index (χ1n) is 5.67. The molecule has 17 heavy (non-hydrogen) atoms. The Morgan fingerprint density at radius 3 is 2.94 bits per heavy atom. The number of benzene rings is 1. The van der Waals surface area contributed by atoms with Crippen LogP contribution < -0.4 is 5.32 Å². The van der Waals surface area contributed by atoms with Crippen molar-refractivity contribution in [2.45, 2.75) is 13.3 Å². The van der Waals surface area contributed by atoms with Crippen molar-refractivity contribution in [2.24, 2.45) is 0 Å². The van der Waals surface area contributed by atoms with Gasteiger partial charge in [-0.1, -0.05) is 22.0 Å². The van der Waals surface area contributed by atoms with Gasteiger partial charge in [0.05, 0.1) is 5.69 Å². The molecular weight excluding hydrogens is 278 g/mol. The molecule has 3 rings (SSSR count). The molecule has 0 aliphatic heterocycles. The number of anilines is 1. The maximum Gasteiger partial charge on any atom is 0.148 e. The van der Waals surface area contributed by atoms with Crippen molar-refractivity contribution in [3.05, 3.63) is 39.9 Å². The second-order valence-electron chi connectivity index (χ2n) is 4.11. The largest absolute Gasteiger partial charge is 0.369 e. The Morgan fingerprint density at radius 1 is 1.24 bits per heavy atom. The third-order valence-electron chi connectivity index (χ3n) is 2.93. The summed E-state index contributed by atoms with van der Waals surface area (Å²) in [6, 6.07) is 8.41. The highest BCUT2D eigenvalue weighted by Gasteiger charge is 2.20. The van der Waals surface area contributed by atoms with Crippen molar-refractivity contribution in [3.8, 4) is 11.3 Å². The Balaban J connectivity index is 2.06. The van der Waals surface area contributed by atoms with Gasteiger partial charge >= 0.3 is 0 Å². The lowest BCUT2D eigenvalue weighted by Crippen LogP contribution is -2.01. The summed E-state index contributed by atoms with van der Waals surface area (Å²) in [6.45, 7) is 2.92. The summed E-state index contributed by atoms with van der Waals surface area (Å²) in [6.07, 6.45) is 0.942. The summed E-state index contributed by atoms with van der Waals surface area (Å²) in [5.41, 5.74) is 4.80. The summed E-state index contributed by atoms with van der Waals surface area (Å²) in [5.74, 6) is 0.859. The monoisotopic (exact) mass is 289 g/mol. The Morgan fingerprint density at radius 2 is 2.12 bits per heavy atom. The first kappa shape index (κ1) is 10.7. The number of rotatable bonds is 2. The van der Waals surface area contributed by atoms with Crippen LogP contribution in [-0.4, -0.2) is 16.7 Å². The number of nitrogens with one attached hydrogen (secondary N) is 1. The van der Waals surface area contributed by atoms with E-state index in [9.17, 15) is 0 Å². The molecule has 0 saturated carbocycles. The van der Waals surface area contributed by atoms with E-state index in [2.05, 4.69) is 56.6 Å². The van der Waals surface area contributed by atoms with Crippen LogP contribution in [0.3, 0.4) is 0 Å². The molecule has 2 aromatic rings. The first-order valence-corrected chi connectivity index (χ1v) is 6.46. The van der Waals surface area contributed by atoms with Gasteiger partial charge in [0.25, 0.3) is 0 Å². The van der Waals surface area contributed by atoms with E-state index in [-0.39, 0.29) is 0 Å². The standard InChI is InChI=1S/C13H12BrN3/c1-2-15-12-7-9-5-8-6-10(14)3-4-11(8)13(9)17-16-12/h3-4,6-7H,2,5H2,1H3,(H,15,16). The van der Waals surface area contributed by atoms with Gasteiger partial charge in [0, 0.05) is 23.0 Å². The van der Waals surface area contributed by atoms with E-state index < -0.39 is 0 Å². The molecule has 0 amide bonds. The van der Waals surface area contributed by atoms with Gasteiger partial charge in [-0.3, -0.25) is 0 Å². The first-order chi connectivity index (χ1) is 8.28. The van der Waals surface area contributed by atoms with Crippen molar-refractivity contribution < 1.29 is 0 Å². The van der Waals surface area contributed by atoms with Gasteiger partial charge in [-0.2, -0.15) is 0 Å². The van der Waals surface area contributed by atoms with E-state index in [1.54, 1.807) is 0 Å². The van der Waals surface area contributed by atoms with Crippen LogP contribution in [0.15, 0.2) is 28.7 Å². The topological polar surface area (TPSA) is 37.8 Å². The van der Waals surface area contributed by atoms with Crippen LogP contribution in [0.5, 0.6) is 0 Å². The number of fused-ring (bicyclic) bond motifs is 3. The molecule has 1 heterocycles. The fraction of sp³-hybridized carbons (Fsp3) is 0.231. The van der Waals surface area contributed by atoms with E-state index in [4.69, 9.17) is 0 Å². The number of halogens is 1. The molecule has 0 spiro atoms. The lowest BCUT2D eigenvalue weighted by Gasteiger charge is -2.03. The maximum atomic E-state index is 4.32. The lowest BCUT2D eigenvalue weighted by atomic mass is 10.1. The third kappa shape index (κ3) is 1.82. The quantitative estimate of drug-likeness (QED) is 0.787. The predicted octanol–water partition coefficient (Wildman–Crippen LogP) is 3.24. The summed E-state index contributed by atoms with van der Waals surface area (Å²) >= 11 is 3.50. The molecule has 3 nitrogen and oxygen atoms in total. The normalized spacial score (nSPS) is 12.1. The Kier molecular flexibility index (Phi) is 2.59. The lowest BCUT2D eigenvalue weighted by molar-refractivity contribution is 1.01. The maximum absolute atomic E-state index is 4.32. The Bertz CT molecular complexity index is 581. The number of nitrogens with zero attached hydrogens (tertiary/aromatic N) is 2. The van der Waals surface area contributed by atoms with Crippen LogP contribution in [-0.2, 0) is 6.42 Å². The highest BCUT2D eigenvalue weighted by atomic mass is 79.9. The molecule has 86 valence electrons. The predicted molar refractivity (Wildman–Crippen MR) is 72.1 cm³/mol. The van der Waals surface area contributed by atoms with Gasteiger partial charge in [0.15, 0.2) is 0 Å². The molecule has 1 aromatic carbocycles. The zero-order valence-electron chi connectivity index (χ0n) is 9.50. The zero-order valence-corrected chi connectivity index (χ0v) is 11.1. The van der Waals surface area contributed by atoms with Gasteiger partial charge in [-0.15, -0.1) is 10.2 Å². The average Bonchev–Trinajstić information content (AvgIpc) is 2.65. The minimum Gasteiger partial charge on any atom is -0.369 e. The summed E-state index contributed by atoms with van der Waals surface area (Å²) in [5, 5.41) is 11.7. The highest BCUT2D eigenvalue weighted by molar-refractivity contribution is 9.10. The summed E-state index contributed by atoms with van der Waals surface area (Å²) in [7, 11) is 0. The molecule has 0 atom stereocenters. The molecule has 0 saturated heterocycles. The molecule has 1 aliphatic carbocycles. The van der Waals surface area contributed by atoms with Crippen molar-refractivity contribution in [1.29, 1.82) is 0 Å². The molecule has 4 heteroatoms. The smallest absolute Gasteiger partial charge is 0.148 e. The van der Waals surface area contributed by atoms with Gasteiger partial charge in [-0.05, 0) is 36.2 Å². The molecule has 0 bridgehead atoms. The molecular formula is C13H12BrN3. The van der Waals surface area contributed by atoms with Gasteiger partial charge in [-0.25, -0.2) is 0 Å². The van der Waals surface area contributed by atoms with Crippen molar-refractivity contribution >= 4 is 21.7 Å². The van der Waals surface area contributed by atoms with E-state index in [1.807, 2.05) is 6.07 Å². The van der Waals surface area contributed by atoms with Crippen LogP contribution in [0.2, 0.25) is 0 Å². The SMILES string of the molecule is CCNc1cc2c(nn1)-c1ccc(Br)cc1C2.